The molecule has 0 aromatic heterocycles. The van der Waals surface area contributed by atoms with Crippen LogP contribution in [0.1, 0.15) is 56.3 Å². The molecule has 1 atom stereocenters. The molecule has 2 N–H and O–H groups in total. The van der Waals surface area contributed by atoms with Gasteiger partial charge in [-0.05, 0) is 61.4 Å². The molecule has 0 saturated heterocycles. The van der Waals surface area contributed by atoms with Crippen molar-refractivity contribution in [3.8, 4) is 0 Å². The molecule has 2 amide bonds. The first-order chi connectivity index (χ1) is 17.3. The van der Waals surface area contributed by atoms with Crippen molar-refractivity contribution in [3.63, 3.8) is 0 Å². The van der Waals surface area contributed by atoms with Crippen molar-refractivity contribution in [1.82, 2.24) is 5.32 Å². The van der Waals surface area contributed by atoms with Gasteiger partial charge in [0.15, 0.2) is 0 Å². The standard InChI is InChI=1S/C30H34N2O3S/c1-4-5-8-15-22(2)26(32-27(33)23-16-9-6-10-17-23)28(34)36-25-19-12-11-18-24(25)31-29(35)30(3)20-13-7-14-21-30/h4-6,8-12,15-19,26H,2,7,13-14,20-21H2,1,3H3,(H,31,35)(H,32,33)/b5-4-,15-8-/t26-/m1/s1. The van der Waals surface area contributed by atoms with Crippen LogP contribution in [0.2, 0.25) is 0 Å². The van der Waals surface area contributed by atoms with E-state index in [1.807, 2.05) is 44.2 Å². The van der Waals surface area contributed by atoms with Crippen molar-refractivity contribution in [1.29, 1.82) is 0 Å². The third-order valence-electron chi connectivity index (χ3n) is 6.38. The zero-order valence-corrected chi connectivity index (χ0v) is 21.8. The van der Waals surface area contributed by atoms with Crippen LogP contribution in [0, 0.1) is 5.41 Å². The highest BCUT2D eigenvalue weighted by molar-refractivity contribution is 8.14. The second kappa shape index (κ2) is 13.1. The van der Waals surface area contributed by atoms with E-state index >= 15 is 0 Å². The summed E-state index contributed by atoms with van der Waals surface area (Å²) in [6, 6.07) is 15.1. The molecule has 2 aromatic rings. The summed E-state index contributed by atoms with van der Waals surface area (Å²) >= 11 is 0.990. The molecule has 0 aliphatic heterocycles. The van der Waals surface area contributed by atoms with Crippen LogP contribution in [-0.4, -0.2) is 23.0 Å². The number of nitrogens with one attached hydrogen (secondary N) is 2. The van der Waals surface area contributed by atoms with Crippen molar-refractivity contribution in [3.05, 3.63) is 96.6 Å². The highest BCUT2D eigenvalue weighted by Gasteiger charge is 2.35. The maximum Gasteiger partial charge on any atom is 0.252 e. The molecule has 188 valence electrons. The molecule has 0 bridgehead atoms. The average Bonchev–Trinajstić information content (AvgIpc) is 2.89. The number of rotatable bonds is 9. The topological polar surface area (TPSA) is 75.3 Å². The Morgan fingerprint density at radius 2 is 1.64 bits per heavy atom. The normalized spacial score (nSPS) is 15.9. The lowest BCUT2D eigenvalue weighted by Crippen LogP contribution is -2.40. The van der Waals surface area contributed by atoms with Gasteiger partial charge in [-0.1, -0.05) is 87.4 Å². The van der Waals surface area contributed by atoms with Crippen molar-refractivity contribution in [2.75, 3.05) is 5.32 Å². The van der Waals surface area contributed by atoms with Crippen LogP contribution in [0.15, 0.2) is 95.9 Å². The Labute approximate surface area is 218 Å². The molecule has 5 nitrogen and oxygen atoms in total. The fourth-order valence-electron chi connectivity index (χ4n) is 4.15. The summed E-state index contributed by atoms with van der Waals surface area (Å²) in [6.07, 6.45) is 12.2. The zero-order chi connectivity index (χ0) is 26.0. The van der Waals surface area contributed by atoms with Gasteiger partial charge in [-0.15, -0.1) is 0 Å². The van der Waals surface area contributed by atoms with Gasteiger partial charge >= 0.3 is 0 Å². The first-order valence-corrected chi connectivity index (χ1v) is 13.1. The molecular weight excluding hydrogens is 468 g/mol. The molecule has 3 rings (SSSR count). The van der Waals surface area contributed by atoms with E-state index in [9.17, 15) is 14.4 Å². The SMILES string of the molecule is C=C(/C=C\C=C/C)[C@@H](NC(=O)c1ccccc1)C(=O)Sc1ccccc1NC(=O)C1(C)CCCCC1. The molecule has 1 saturated carbocycles. The Hall–Kier alpha value is -3.38. The first-order valence-electron chi connectivity index (χ1n) is 12.3. The van der Waals surface area contributed by atoms with Crippen LogP contribution in [0.3, 0.4) is 0 Å². The van der Waals surface area contributed by atoms with Gasteiger partial charge in [0.25, 0.3) is 5.91 Å². The molecule has 1 aliphatic carbocycles. The van der Waals surface area contributed by atoms with Crippen LogP contribution in [-0.2, 0) is 9.59 Å². The number of benzene rings is 2. The monoisotopic (exact) mass is 502 g/mol. The number of carbonyl (C=O) groups excluding carboxylic acids is 3. The van der Waals surface area contributed by atoms with E-state index in [-0.39, 0.29) is 16.9 Å². The summed E-state index contributed by atoms with van der Waals surface area (Å²) in [6.45, 7) is 7.94. The lowest BCUT2D eigenvalue weighted by Gasteiger charge is -2.32. The lowest BCUT2D eigenvalue weighted by molar-refractivity contribution is -0.126. The van der Waals surface area contributed by atoms with Crippen molar-refractivity contribution in [2.24, 2.45) is 5.41 Å². The van der Waals surface area contributed by atoms with Gasteiger partial charge in [-0.2, -0.15) is 0 Å². The number of carbonyl (C=O) groups is 3. The fourth-order valence-corrected chi connectivity index (χ4v) is 5.07. The molecule has 6 heteroatoms. The molecule has 1 aliphatic rings. The van der Waals surface area contributed by atoms with Crippen LogP contribution < -0.4 is 10.6 Å². The molecular formula is C30H34N2O3S. The Balaban J connectivity index is 1.80. The lowest BCUT2D eigenvalue weighted by atomic mass is 9.75. The van der Waals surface area contributed by atoms with Crippen LogP contribution in [0.5, 0.6) is 0 Å². The maximum atomic E-state index is 13.5. The number of anilines is 1. The minimum Gasteiger partial charge on any atom is -0.337 e. The van der Waals surface area contributed by atoms with Crippen LogP contribution in [0.25, 0.3) is 0 Å². The van der Waals surface area contributed by atoms with Crippen LogP contribution >= 0.6 is 11.8 Å². The number of hydrogen-bond donors (Lipinski definition) is 2. The molecule has 0 heterocycles. The van der Waals surface area contributed by atoms with E-state index in [0.29, 0.717) is 21.7 Å². The molecule has 2 aromatic carbocycles. The average molecular weight is 503 g/mol. The Morgan fingerprint density at radius 1 is 0.972 bits per heavy atom. The molecule has 36 heavy (non-hydrogen) atoms. The highest BCUT2D eigenvalue weighted by atomic mass is 32.2. The largest absolute Gasteiger partial charge is 0.337 e. The maximum absolute atomic E-state index is 13.5. The number of amides is 2. The molecule has 0 radical (unpaired) electrons. The fraction of sp³-hybridized carbons (Fsp3) is 0.300. The van der Waals surface area contributed by atoms with Gasteiger partial charge in [0.1, 0.15) is 6.04 Å². The van der Waals surface area contributed by atoms with E-state index < -0.39 is 11.5 Å². The third kappa shape index (κ3) is 7.31. The van der Waals surface area contributed by atoms with Gasteiger partial charge in [0.05, 0.1) is 5.69 Å². The minimum absolute atomic E-state index is 0.0182. The summed E-state index contributed by atoms with van der Waals surface area (Å²) in [7, 11) is 0. The predicted octanol–water partition coefficient (Wildman–Crippen LogP) is 6.70. The molecule has 0 unspecified atom stereocenters. The second-order valence-electron chi connectivity index (χ2n) is 9.23. The Kier molecular flexibility index (Phi) is 9.88. The van der Waals surface area contributed by atoms with Crippen molar-refractivity contribution >= 4 is 34.4 Å². The zero-order valence-electron chi connectivity index (χ0n) is 21.0. The van der Waals surface area contributed by atoms with E-state index in [0.717, 1.165) is 43.9 Å². The Bertz CT molecular complexity index is 1150. The smallest absolute Gasteiger partial charge is 0.252 e. The molecule has 0 spiro atoms. The van der Waals surface area contributed by atoms with Gasteiger partial charge in [-0.25, -0.2) is 0 Å². The van der Waals surface area contributed by atoms with E-state index in [1.54, 1.807) is 48.6 Å². The summed E-state index contributed by atoms with van der Waals surface area (Å²) < 4.78 is 0. The van der Waals surface area contributed by atoms with E-state index in [2.05, 4.69) is 17.2 Å². The van der Waals surface area contributed by atoms with Crippen molar-refractivity contribution in [2.45, 2.75) is 56.9 Å². The Morgan fingerprint density at radius 3 is 2.33 bits per heavy atom. The van der Waals surface area contributed by atoms with Crippen molar-refractivity contribution < 1.29 is 14.4 Å². The third-order valence-corrected chi connectivity index (χ3v) is 7.40. The van der Waals surface area contributed by atoms with Gasteiger partial charge in [0, 0.05) is 15.9 Å². The quantitative estimate of drug-likeness (QED) is 0.295. The minimum atomic E-state index is -0.941. The summed E-state index contributed by atoms with van der Waals surface area (Å²) in [5.41, 5.74) is 1.11. The van der Waals surface area contributed by atoms with Gasteiger partial charge < -0.3 is 10.6 Å². The van der Waals surface area contributed by atoms with E-state index in [4.69, 9.17) is 0 Å². The second-order valence-corrected chi connectivity index (χ2v) is 10.3. The molecule has 1 fully saturated rings. The van der Waals surface area contributed by atoms with Gasteiger partial charge in [0.2, 0.25) is 11.0 Å². The summed E-state index contributed by atoms with van der Waals surface area (Å²) in [5.74, 6) is -0.378. The number of para-hydroxylation sites is 1. The van der Waals surface area contributed by atoms with E-state index in [1.165, 1.54) is 0 Å². The summed E-state index contributed by atoms with van der Waals surface area (Å²) in [4.78, 5) is 40.1. The highest BCUT2D eigenvalue weighted by Crippen LogP contribution is 2.38. The van der Waals surface area contributed by atoms with Gasteiger partial charge in [-0.3, -0.25) is 14.4 Å². The van der Waals surface area contributed by atoms with Crippen LogP contribution in [0.4, 0.5) is 5.69 Å². The summed E-state index contributed by atoms with van der Waals surface area (Å²) in [5, 5.41) is 5.59. The number of hydrogen-bond acceptors (Lipinski definition) is 4. The number of allylic oxidation sites excluding steroid dienone is 3. The first kappa shape index (κ1) is 27.2. The number of thioether (sulfide) groups is 1. The predicted molar refractivity (Wildman–Crippen MR) is 148 cm³/mol.